The van der Waals surface area contributed by atoms with Gasteiger partial charge >= 0.3 is 5.97 Å². The van der Waals surface area contributed by atoms with Crippen molar-refractivity contribution in [3.8, 4) is 0 Å². The normalized spacial score (nSPS) is 18.6. The number of aliphatic carboxylic acids is 1. The number of hydrogen-bond donors (Lipinski definition) is 1. The van der Waals surface area contributed by atoms with Gasteiger partial charge in [-0.1, -0.05) is 23.2 Å². The molecule has 1 N–H and O–H groups in total. The minimum Gasteiger partial charge on any atom is -0.481 e. The van der Waals surface area contributed by atoms with E-state index in [1.807, 2.05) is 0 Å². The third-order valence-electron chi connectivity index (χ3n) is 3.24. The lowest BCUT2D eigenvalue weighted by Crippen LogP contribution is -2.31. The quantitative estimate of drug-likeness (QED) is 0.933. The molecule has 1 atom stereocenters. The molecule has 1 heterocycles. The van der Waals surface area contributed by atoms with Crippen LogP contribution in [-0.4, -0.2) is 35.0 Å². The summed E-state index contributed by atoms with van der Waals surface area (Å²) >= 11 is 11.9. The molecule has 0 bridgehead atoms. The van der Waals surface area contributed by atoms with Crippen LogP contribution in [-0.2, 0) is 16.0 Å². The molecule has 1 aromatic carbocycles. The highest BCUT2D eigenvalue weighted by atomic mass is 35.5. The summed E-state index contributed by atoms with van der Waals surface area (Å²) in [4.78, 5) is 24.5. The van der Waals surface area contributed by atoms with Crippen LogP contribution in [0.25, 0.3) is 0 Å². The second-order valence-corrected chi connectivity index (χ2v) is 5.42. The molecule has 1 amide bonds. The van der Waals surface area contributed by atoms with Gasteiger partial charge in [0.05, 0.1) is 12.3 Å². The Kier molecular flexibility index (Phi) is 4.32. The molecule has 1 aromatic rings. The molecular weight excluding hydrogens is 289 g/mol. The highest BCUT2D eigenvalue weighted by molar-refractivity contribution is 6.33. The lowest BCUT2D eigenvalue weighted by atomic mass is 10.1. The average molecular weight is 302 g/mol. The molecule has 0 spiro atoms. The Bertz CT molecular complexity index is 519. The van der Waals surface area contributed by atoms with Gasteiger partial charge in [-0.25, -0.2) is 0 Å². The van der Waals surface area contributed by atoms with Crippen molar-refractivity contribution in [2.24, 2.45) is 5.92 Å². The number of halogens is 2. The maximum Gasteiger partial charge on any atom is 0.308 e. The van der Waals surface area contributed by atoms with E-state index in [1.165, 1.54) is 0 Å². The smallest absolute Gasteiger partial charge is 0.308 e. The van der Waals surface area contributed by atoms with Crippen LogP contribution >= 0.6 is 23.2 Å². The summed E-state index contributed by atoms with van der Waals surface area (Å²) in [6.07, 6.45) is 0.649. The van der Waals surface area contributed by atoms with Gasteiger partial charge in [0.2, 0.25) is 5.91 Å². The van der Waals surface area contributed by atoms with Gasteiger partial charge in [0.25, 0.3) is 0 Å². The minimum atomic E-state index is -0.851. The number of likely N-dealkylation sites (tertiary alicyclic amines) is 1. The zero-order valence-electron chi connectivity index (χ0n) is 10.1. The molecule has 0 radical (unpaired) electrons. The van der Waals surface area contributed by atoms with Crippen molar-refractivity contribution in [1.82, 2.24) is 4.90 Å². The maximum atomic E-state index is 12.1. The first-order valence-electron chi connectivity index (χ1n) is 5.92. The summed E-state index contributed by atoms with van der Waals surface area (Å²) in [5, 5.41) is 9.92. The zero-order chi connectivity index (χ0) is 14.0. The molecule has 2 rings (SSSR count). The Labute approximate surface area is 120 Å². The van der Waals surface area contributed by atoms with E-state index in [0.29, 0.717) is 28.6 Å². The summed E-state index contributed by atoms with van der Waals surface area (Å²) in [5.41, 5.74) is 0.665. The van der Waals surface area contributed by atoms with Crippen molar-refractivity contribution in [3.63, 3.8) is 0 Å². The Morgan fingerprint density at radius 2 is 2.11 bits per heavy atom. The van der Waals surface area contributed by atoms with Gasteiger partial charge in [0.15, 0.2) is 0 Å². The van der Waals surface area contributed by atoms with Gasteiger partial charge in [0.1, 0.15) is 0 Å². The Morgan fingerprint density at radius 3 is 2.74 bits per heavy atom. The Morgan fingerprint density at radius 1 is 1.37 bits per heavy atom. The van der Waals surface area contributed by atoms with Crippen molar-refractivity contribution in [2.45, 2.75) is 12.8 Å². The van der Waals surface area contributed by atoms with Gasteiger partial charge in [-0.2, -0.15) is 0 Å². The van der Waals surface area contributed by atoms with E-state index in [2.05, 4.69) is 0 Å². The fraction of sp³-hybridized carbons (Fsp3) is 0.385. The highest BCUT2D eigenvalue weighted by Crippen LogP contribution is 2.23. The molecule has 0 saturated carbocycles. The lowest BCUT2D eigenvalue weighted by Gasteiger charge is -2.16. The van der Waals surface area contributed by atoms with Crippen LogP contribution < -0.4 is 0 Å². The van der Waals surface area contributed by atoms with Gasteiger partial charge in [0, 0.05) is 23.1 Å². The molecule has 0 aromatic heterocycles. The standard InChI is InChI=1S/C13H13Cl2NO3/c14-10-1-2-11(15)9(5-10)6-12(17)16-4-3-8(7-16)13(18)19/h1-2,5,8H,3-4,6-7H2,(H,18,19)/t8-/m1/s1. The van der Waals surface area contributed by atoms with Gasteiger partial charge < -0.3 is 10.0 Å². The van der Waals surface area contributed by atoms with Crippen LogP contribution in [0.15, 0.2) is 18.2 Å². The molecule has 1 fully saturated rings. The number of carboxylic acid groups (broad SMARTS) is 1. The first-order valence-corrected chi connectivity index (χ1v) is 6.67. The molecule has 6 heteroatoms. The van der Waals surface area contributed by atoms with Crippen LogP contribution in [0, 0.1) is 5.92 Å². The van der Waals surface area contributed by atoms with Crippen molar-refractivity contribution in [2.75, 3.05) is 13.1 Å². The lowest BCUT2D eigenvalue weighted by molar-refractivity contribution is -0.141. The molecular formula is C13H13Cl2NO3. The average Bonchev–Trinajstić information content (AvgIpc) is 2.83. The zero-order valence-corrected chi connectivity index (χ0v) is 11.6. The van der Waals surface area contributed by atoms with E-state index < -0.39 is 11.9 Å². The van der Waals surface area contributed by atoms with E-state index >= 15 is 0 Å². The van der Waals surface area contributed by atoms with Crippen molar-refractivity contribution in [1.29, 1.82) is 0 Å². The Balaban J connectivity index is 2.02. The van der Waals surface area contributed by atoms with Gasteiger partial charge in [-0.3, -0.25) is 9.59 Å². The van der Waals surface area contributed by atoms with Gasteiger partial charge in [-0.05, 0) is 30.2 Å². The molecule has 19 heavy (non-hydrogen) atoms. The molecule has 4 nitrogen and oxygen atoms in total. The van der Waals surface area contributed by atoms with E-state index in [-0.39, 0.29) is 18.9 Å². The summed E-state index contributed by atoms with van der Waals surface area (Å²) in [6.45, 7) is 0.750. The second kappa shape index (κ2) is 5.80. The molecule has 1 saturated heterocycles. The van der Waals surface area contributed by atoms with E-state index in [1.54, 1.807) is 23.1 Å². The predicted molar refractivity (Wildman–Crippen MR) is 72.5 cm³/mol. The van der Waals surface area contributed by atoms with E-state index in [0.717, 1.165) is 0 Å². The topological polar surface area (TPSA) is 57.6 Å². The van der Waals surface area contributed by atoms with E-state index in [4.69, 9.17) is 28.3 Å². The number of hydrogen-bond acceptors (Lipinski definition) is 2. The number of rotatable bonds is 3. The maximum absolute atomic E-state index is 12.1. The summed E-state index contributed by atoms with van der Waals surface area (Å²) in [5.74, 6) is -1.43. The van der Waals surface area contributed by atoms with Crippen molar-refractivity contribution in [3.05, 3.63) is 33.8 Å². The van der Waals surface area contributed by atoms with Crippen LogP contribution in [0.4, 0.5) is 0 Å². The first-order chi connectivity index (χ1) is 8.97. The Hall–Kier alpha value is -1.26. The highest BCUT2D eigenvalue weighted by Gasteiger charge is 2.30. The van der Waals surface area contributed by atoms with Crippen LogP contribution in [0.1, 0.15) is 12.0 Å². The number of amides is 1. The van der Waals surface area contributed by atoms with E-state index in [9.17, 15) is 9.59 Å². The number of carbonyl (C=O) groups excluding carboxylic acids is 1. The summed E-state index contributed by atoms with van der Waals surface area (Å²) < 4.78 is 0. The summed E-state index contributed by atoms with van der Waals surface area (Å²) in [7, 11) is 0. The van der Waals surface area contributed by atoms with Crippen LogP contribution in [0.5, 0.6) is 0 Å². The number of benzene rings is 1. The third kappa shape index (κ3) is 3.39. The number of carbonyl (C=O) groups is 2. The largest absolute Gasteiger partial charge is 0.481 e. The molecule has 0 unspecified atom stereocenters. The van der Waals surface area contributed by atoms with Crippen LogP contribution in [0.2, 0.25) is 10.0 Å². The molecule has 102 valence electrons. The number of carboxylic acids is 1. The molecule has 1 aliphatic heterocycles. The molecule has 0 aliphatic carbocycles. The second-order valence-electron chi connectivity index (χ2n) is 4.58. The summed E-state index contributed by atoms with van der Waals surface area (Å²) in [6, 6.07) is 4.97. The predicted octanol–water partition coefficient (Wildman–Crippen LogP) is 2.47. The van der Waals surface area contributed by atoms with Crippen molar-refractivity contribution < 1.29 is 14.7 Å². The first kappa shape index (κ1) is 14.2. The minimum absolute atomic E-state index is 0.118. The molecule has 1 aliphatic rings. The fourth-order valence-corrected chi connectivity index (χ4v) is 2.52. The van der Waals surface area contributed by atoms with Crippen molar-refractivity contribution >= 4 is 35.1 Å². The van der Waals surface area contributed by atoms with Gasteiger partial charge in [-0.15, -0.1) is 0 Å². The SMILES string of the molecule is O=C(O)[C@@H]1CCN(C(=O)Cc2cc(Cl)ccc2Cl)C1. The van der Waals surface area contributed by atoms with Crippen LogP contribution in [0.3, 0.4) is 0 Å². The fourth-order valence-electron chi connectivity index (χ4n) is 2.14. The third-order valence-corrected chi connectivity index (χ3v) is 3.84. The monoisotopic (exact) mass is 301 g/mol. The number of nitrogens with zero attached hydrogens (tertiary/aromatic N) is 1.